The number of rotatable bonds is 6. The van der Waals surface area contributed by atoms with E-state index in [0.717, 1.165) is 25.3 Å². The van der Waals surface area contributed by atoms with Crippen LogP contribution >= 0.6 is 11.3 Å². The van der Waals surface area contributed by atoms with Gasteiger partial charge in [0.15, 0.2) is 0 Å². The summed E-state index contributed by atoms with van der Waals surface area (Å²) in [5.74, 6) is 0.0259. The number of benzene rings is 1. The van der Waals surface area contributed by atoms with Crippen molar-refractivity contribution in [3.8, 4) is 0 Å². The summed E-state index contributed by atoms with van der Waals surface area (Å²) in [7, 11) is 1.97. The summed E-state index contributed by atoms with van der Waals surface area (Å²) >= 11 is 1.72. The molecular weight excluding hydrogens is 306 g/mol. The fourth-order valence-corrected chi connectivity index (χ4v) is 3.69. The molecule has 0 unspecified atom stereocenters. The lowest BCUT2D eigenvalue weighted by Gasteiger charge is -2.18. The number of carbonyl (C=O) groups is 1. The molecule has 5 heteroatoms. The van der Waals surface area contributed by atoms with E-state index in [9.17, 15) is 4.79 Å². The molecule has 1 amide bonds. The van der Waals surface area contributed by atoms with Crippen molar-refractivity contribution < 1.29 is 4.79 Å². The summed E-state index contributed by atoms with van der Waals surface area (Å²) in [6, 6.07) is 12.3. The molecule has 3 rings (SSSR count). The molecule has 1 saturated heterocycles. The van der Waals surface area contributed by atoms with E-state index in [0.29, 0.717) is 6.54 Å². The van der Waals surface area contributed by atoms with Gasteiger partial charge in [-0.1, -0.05) is 6.07 Å². The summed E-state index contributed by atoms with van der Waals surface area (Å²) < 4.78 is 0. The number of anilines is 2. The minimum Gasteiger partial charge on any atom is -0.372 e. The molecule has 0 radical (unpaired) electrons. The molecule has 4 nitrogen and oxygen atoms in total. The van der Waals surface area contributed by atoms with Gasteiger partial charge < -0.3 is 10.2 Å². The zero-order valence-electron chi connectivity index (χ0n) is 13.5. The number of nitrogens with one attached hydrogen (secondary N) is 1. The highest BCUT2D eigenvalue weighted by molar-refractivity contribution is 7.09. The molecule has 1 N–H and O–H groups in total. The van der Waals surface area contributed by atoms with Gasteiger partial charge >= 0.3 is 0 Å². The van der Waals surface area contributed by atoms with Crippen LogP contribution in [0.1, 0.15) is 17.7 Å². The normalized spacial score (nSPS) is 14.4. The predicted molar refractivity (Wildman–Crippen MR) is 97.2 cm³/mol. The Morgan fingerprint density at radius 2 is 1.96 bits per heavy atom. The molecule has 1 aromatic heterocycles. The maximum Gasteiger partial charge on any atom is 0.238 e. The van der Waals surface area contributed by atoms with Crippen molar-refractivity contribution in [1.82, 2.24) is 4.90 Å². The number of hydrogen-bond donors (Lipinski definition) is 1. The maximum absolute atomic E-state index is 12.1. The molecule has 0 atom stereocenters. The van der Waals surface area contributed by atoms with E-state index in [1.54, 1.807) is 11.3 Å². The molecule has 23 heavy (non-hydrogen) atoms. The smallest absolute Gasteiger partial charge is 0.238 e. The third kappa shape index (κ3) is 4.56. The lowest BCUT2D eigenvalue weighted by molar-refractivity contribution is -0.117. The standard InChI is InChI=1S/C18H23N3OS/c1-20(13-17-5-4-12-23-17)14-18(22)19-15-6-8-16(9-7-15)21-10-2-3-11-21/h4-9,12H,2-3,10-11,13-14H2,1H3,(H,19,22). The molecule has 122 valence electrons. The number of hydrogen-bond acceptors (Lipinski definition) is 4. The van der Waals surface area contributed by atoms with Crippen LogP contribution in [0.4, 0.5) is 11.4 Å². The van der Waals surface area contributed by atoms with Crippen molar-refractivity contribution in [2.75, 3.05) is 36.9 Å². The van der Waals surface area contributed by atoms with Crippen molar-refractivity contribution in [3.05, 3.63) is 46.7 Å². The number of likely N-dealkylation sites (N-methyl/N-ethyl adjacent to an activating group) is 1. The van der Waals surface area contributed by atoms with E-state index in [1.807, 2.05) is 30.1 Å². The number of amides is 1. The molecular formula is C18H23N3OS. The minimum atomic E-state index is 0.0259. The number of thiophene rings is 1. The van der Waals surface area contributed by atoms with Crippen LogP contribution < -0.4 is 10.2 Å². The Labute approximate surface area is 141 Å². The first kappa shape index (κ1) is 16.0. The molecule has 0 bridgehead atoms. The lowest BCUT2D eigenvalue weighted by atomic mass is 10.2. The van der Waals surface area contributed by atoms with Gasteiger partial charge in [-0.25, -0.2) is 0 Å². The Bertz CT molecular complexity index is 618. The highest BCUT2D eigenvalue weighted by Gasteiger charge is 2.12. The van der Waals surface area contributed by atoms with Gasteiger partial charge in [0.25, 0.3) is 0 Å². The van der Waals surface area contributed by atoms with E-state index in [1.165, 1.54) is 23.4 Å². The lowest BCUT2D eigenvalue weighted by Crippen LogP contribution is -2.29. The van der Waals surface area contributed by atoms with E-state index in [2.05, 4.69) is 33.8 Å². The van der Waals surface area contributed by atoms with Crippen LogP contribution in [0.5, 0.6) is 0 Å². The van der Waals surface area contributed by atoms with E-state index in [4.69, 9.17) is 0 Å². The van der Waals surface area contributed by atoms with Crippen molar-refractivity contribution >= 4 is 28.6 Å². The SMILES string of the molecule is CN(CC(=O)Nc1ccc(N2CCCC2)cc1)Cc1cccs1. The molecule has 1 fully saturated rings. The zero-order chi connectivity index (χ0) is 16.1. The molecule has 2 heterocycles. The van der Waals surface area contributed by atoms with Gasteiger partial charge in [-0.3, -0.25) is 9.69 Å². The molecule has 2 aromatic rings. The largest absolute Gasteiger partial charge is 0.372 e. The quantitative estimate of drug-likeness (QED) is 0.882. The third-order valence-corrected chi connectivity index (χ3v) is 4.90. The van der Waals surface area contributed by atoms with Crippen molar-refractivity contribution in [1.29, 1.82) is 0 Å². The van der Waals surface area contributed by atoms with Crippen LogP contribution in [0.3, 0.4) is 0 Å². The Hall–Kier alpha value is -1.85. The average Bonchev–Trinajstić information content (AvgIpc) is 3.20. The highest BCUT2D eigenvalue weighted by Crippen LogP contribution is 2.22. The van der Waals surface area contributed by atoms with Gasteiger partial charge in [0.05, 0.1) is 6.54 Å². The second-order valence-electron chi connectivity index (χ2n) is 6.04. The summed E-state index contributed by atoms with van der Waals surface area (Å²) in [4.78, 5) is 17.8. The van der Waals surface area contributed by atoms with Gasteiger partial charge in [0.1, 0.15) is 0 Å². The van der Waals surface area contributed by atoms with Crippen LogP contribution in [-0.4, -0.2) is 37.5 Å². The second kappa shape index (κ2) is 7.62. The minimum absolute atomic E-state index is 0.0259. The fraction of sp³-hybridized carbons (Fsp3) is 0.389. The van der Waals surface area contributed by atoms with E-state index >= 15 is 0 Å². The van der Waals surface area contributed by atoms with Crippen LogP contribution in [0, 0.1) is 0 Å². The fourth-order valence-electron chi connectivity index (χ4n) is 2.90. The third-order valence-electron chi connectivity index (χ3n) is 4.04. The van der Waals surface area contributed by atoms with Gasteiger partial charge in [-0.2, -0.15) is 0 Å². The summed E-state index contributed by atoms with van der Waals surface area (Å²) in [5, 5.41) is 5.04. The number of carbonyl (C=O) groups excluding carboxylic acids is 1. The average molecular weight is 329 g/mol. The molecule has 0 saturated carbocycles. The Balaban J connectivity index is 1.49. The first-order chi connectivity index (χ1) is 11.2. The molecule has 0 spiro atoms. The van der Waals surface area contributed by atoms with Crippen LogP contribution in [0.15, 0.2) is 41.8 Å². The van der Waals surface area contributed by atoms with Gasteiger partial charge in [0, 0.05) is 35.9 Å². The molecule has 0 aliphatic carbocycles. The highest BCUT2D eigenvalue weighted by atomic mass is 32.1. The molecule has 1 aliphatic heterocycles. The van der Waals surface area contributed by atoms with E-state index in [-0.39, 0.29) is 5.91 Å². The molecule has 1 aromatic carbocycles. The second-order valence-corrected chi connectivity index (χ2v) is 7.07. The topological polar surface area (TPSA) is 35.6 Å². The van der Waals surface area contributed by atoms with Crippen LogP contribution in [0.2, 0.25) is 0 Å². The van der Waals surface area contributed by atoms with Crippen LogP contribution in [-0.2, 0) is 11.3 Å². The van der Waals surface area contributed by atoms with Crippen molar-refractivity contribution in [2.45, 2.75) is 19.4 Å². The van der Waals surface area contributed by atoms with Crippen molar-refractivity contribution in [2.24, 2.45) is 0 Å². The Morgan fingerprint density at radius 3 is 2.61 bits per heavy atom. The van der Waals surface area contributed by atoms with E-state index < -0.39 is 0 Å². The van der Waals surface area contributed by atoms with Gasteiger partial charge in [-0.05, 0) is 55.6 Å². The van der Waals surface area contributed by atoms with Gasteiger partial charge in [-0.15, -0.1) is 11.3 Å². The first-order valence-electron chi connectivity index (χ1n) is 8.06. The zero-order valence-corrected chi connectivity index (χ0v) is 14.3. The molecule has 1 aliphatic rings. The summed E-state index contributed by atoms with van der Waals surface area (Å²) in [5.41, 5.74) is 2.11. The Kier molecular flexibility index (Phi) is 5.31. The van der Waals surface area contributed by atoms with Gasteiger partial charge in [0.2, 0.25) is 5.91 Å². The summed E-state index contributed by atoms with van der Waals surface area (Å²) in [6.07, 6.45) is 2.55. The van der Waals surface area contributed by atoms with Crippen molar-refractivity contribution in [3.63, 3.8) is 0 Å². The monoisotopic (exact) mass is 329 g/mol. The number of nitrogens with zero attached hydrogens (tertiary/aromatic N) is 2. The summed E-state index contributed by atoms with van der Waals surface area (Å²) in [6.45, 7) is 3.48. The Morgan fingerprint density at radius 1 is 1.22 bits per heavy atom. The van der Waals surface area contributed by atoms with Crippen LogP contribution in [0.25, 0.3) is 0 Å². The maximum atomic E-state index is 12.1. The predicted octanol–water partition coefficient (Wildman–Crippen LogP) is 3.42. The first-order valence-corrected chi connectivity index (χ1v) is 8.94.